The van der Waals surface area contributed by atoms with Crippen molar-refractivity contribution in [3.63, 3.8) is 0 Å². The normalized spacial score (nSPS) is 14.5. The van der Waals surface area contributed by atoms with Gasteiger partial charge >= 0.3 is 0 Å². The van der Waals surface area contributed by atoms with E-state index in [-0.39, 0.29) is 17.1 Å². The molecule has 0 saturated heterocycles. The molecule has 0 unspecified atom stereocenters. The molecule has 0 fully saturated rings. The van der Waals surface area contributed by atoms with Crippen molar-refractivity contribution in [1.82, 2.24) is 0 Å². The van der Waals surface area contributed by atoms with Gasteiger partial charge in [-0.3, -0.25) is 4.79 Å². The summed E-state index contributed by atoms with van der Waals surface area (Å²) in [4.78, 5) is 16.7. The Hall–Kier alpha value is -3.10. The van der Waals surface area contributed by atoms with Crippen molar-refractivity contribution in [2.45, 2.75) is 6.92 Å². The molecule has 0 saturated carbocycles. The largest absolute Gasteiger partial charge is 0.383 e. The van der Waals surface area contributed by atoms with E-state index in [9.17, 15) is 10.1 Å². The molecule has 6 heteroatoms. The molecule has 0 atom stereocenters. The number of rotatable bonds is 2. The Kier molecular flexibility index (Phi) is 4.07. The zero-order valence-electron chi connectivity index (χ0n) is 12.8. The zero-order valence-corrected chi connectivity index (χ0v) is 13.6. The third-order valence-corrected chi connectivity index (χ3v) is 3.95. The Morgan fingerprint density at radius 3 is 2.62 bits per heavy atom. The van der Waals surface area contributed by atoms with Crippen LogP contribution < -0.4 is 11.1 Å². The first-order chi connectivity index (χ1) is 11.5. The van der Waals surface area contributed by atoms with E-state index < -0.39 is 5.91 Å². The predicted molar refractivity (Wildman–Crippen MR) is 94.5 cm³/mol. The van der Waals surface area contributed by atoms with E-state index in [1.165, 1.54) is 0 Å². The van der Waals surface area contributed by atoms with Gasteiger partial charge in [0.25, 0.3) is 5.91 Å². The van der Waals surface area contributed by atoms with Gasteiger partial charge in [0.05, 0.1) is 16.4 Å². The lowest BCUT2D eigenvalue weighted by Gasteiger charge is -2.08. The van der Waals surface area contributed by atoms with E-state index in [0.29, 0.717) is 21.8 Å². The van der Waals surface area contributed by atoms with Crippen LogP contribution in [-0.2, 0) is 4.79 Å². The van der Waals surface area contributed by atoms with Crippen LogP contribution in [0.15, 0.2) is 53.0 Å². The fraction of sp³-hybridized carbons (Fsp3) is 0.0556. The predicted octanol–water partition coefficient (Wildman–Crippen LogP) is 3.24. The summed E-state index contributed by atoms with van der Waals surface area (Å²) in [6, 6.07) is 14.4. The van der Waals surface area contributed by atoms with Gasteiger partial charge < -0.3 is 11.1 Å². The summed E-state index contributed by atoms with van der Waals surface area (Å²) in [5.41, 5.74) is 8.81. The van der Waals surface area contributed by atoms with Gasteiger partial charge in [-0.1, -0.05) is 41.9 Å². The van der Waals surface area contributed by atoms with Crippen LogP contribution in [0.4, 0.5) is 5.69 Å². The Bertz CT molecular complexity index is 954. The molecular formula is C18H13ClN4O. The molecule has 118 valence electrons. The highest BCUT2D eigenvalue weighted by Crippen LogP contribution is 2.31. The van der Waals surface area contributed by atoms with Crippen molar-refractivity contribution < 1.29 is 4.79 Å². The molecule has 3 rings (SSSR count). The quantitative estimate of drug-likeness (QED) is 0.651. The van der Waals surface area contributed by atoms with Gasteiger partial charge in [0.2, 0.25) is 0 Å². The maximum atomic E-state index is 12.5. The maximum absolute atomic E-state index is 12.5. The number of benzene rings is 2. The van der Waals surface area contributed by atoms with E-state index in [0.717, 1.165) is 5.56 Å². The van der Waals surface area contributed by atoms with Crippen molar-refractivity contribution >= 4 is 34.7 Å². The number of anilines is 1. The summed E-state index contributed by atoms with van der Waals surface area (Å²) < 4.78 is 0. The number of hydrogen-bond acceptors (Lipinski definition) is 4. The number of hydrogen-bond donors (Lipinski definition) is 2. The van der Waals surface area contributed by atoms with E-state index >= 15 is 0 Å². The Morgan fingerprint density at radius 2 is 1.96 bits per heavy atom. The average Bonchev–Trinajstić information content (AvgIpc) is 2.88. The Balaban J connectivity index is 2.01. The number of nitrogens with zero attached hydrogens (tertiary/aromatic N) is 2. The maximum Gasteiger partial charge on any atom is 0.268 e. The number of nitrogens with one attached hydrogen (secondary N) is 1. The zero-order chi connectivity index (χ0) is 17.3. The molecule has 24 heavy (non-hydrogen) atoms. The minimum atomic E-state index is -0.577. The molecule has 1 heterocycles. The van der Waals surface area contributed by atoms with Crippen molar-refractivity contribution in [1.29, 1.82) is 5.26 Å². The first-order valence-electron chi connectivity index (χ1n) is 7.17. The molecule has 0 radical (unpaired) electrons. The summed E-state index contributed by atoms with van der Waals surface area (Å²) in [5.74, 6) is -0.291. The van der Waals surface area contributed by atoms with E-state index in [1.807, 2.05) is 25.1 Å². The second kappa shape index (κ2) is 6.19. The highest BCUT2D eigenvalue weighted by molar-refractivity contribution is 6.34. The lowest BCUT2D eigenvalue weighted by atomic mass is 10.0. The Labute approximate surface area is 144 Å². The minimum Gasteiger partial charge on any atom is -0.383 e. The third kappa shape index (κ3) is 2.75. The smallest absolute Gasteiger partial charge is 0.268 e. The minimum absolute atomic E-state index is 0.112. The number of aliphatic imine (C=N–C) groups is 1. The van der Waals surface area contributed by atoms with E-state index in [1.54, 1.807) is 30.3 Å². The summed E-state index contributed by atoms with van der Waals surface area (Å²) in [6.45, 7) is 1.90. The van der Waals surface area contributed by atoms with Crippen LogP contribution in [0.25, 0.3) is 5.70 Å². The average molecular weight is 337 g/mol. The van der Waals surface area contributed by atoms with Crippen molar-refractivity contribution in [3.05, 3.63) is 69.8 Å². The molecule has 0 spiro atoms. The van der Waals surface area contributed by atoms with Gasteiger partial charge in [-0.05, 0) is 24.6 Å². The summed E-state index contributed by atoms with van der Waals surface area (Å²) in [7, 11) is 0. The fourth-order valence-corrected chi connectivity index (χ4v) is 2.74. The van der Waals surface area contributed by atoms with Gasteiger partial charge in [0.15, 0.2) is 0 Å². The number of aryl methyl sites for hydroxylation is 1. The third-order valence-electron chi connectivity index (χ3n) is 3.64. The molecule has 1 aliphatic heterocycles. The molecule has 2 aromatic carbocycles. The van der Waals surface area contributed by atoms with Crippen LogP contribution in [0.1, 0.15) is 16.7 Å². The number of amides is 1. The lowest BCUT2D eigenvalue weighted by Crippen LogP contribution is -2.15. The number of amidine groups is 1. The molecule has 0 aliphatic carbocycles. The van der Waals surface area contributed by atoms with Crippen LogP contribution in [0.2, 0.25) is 5.02 Å². The molecule has 0 aromatic heterocycles. The fourth-order valence-electron chi connectivity index (χ4n) is 2.46. The second-order valence-corrected chi connectivity index (χ2v) is 5.72. The monoisotopic (exact) mass is 336 g/mol. The van der Waals surface area contributed by atoms with Crippen LogP contribution in [0.5, 0.6) is 0 Å². The molecule has 1 amide bonds. The molecule has 3 N–H and O–H groups in total. The number of carbonyl (C=O) groups excluding carboxylic acids is 1. The van der Waals surface area contributed by atoms with E-state index in [2.05, 4.69) is 10.3 Å². The number of nitrogens with two attached hydrogens (primary N) is 1. The molecule has 1 aliphatic rings. The summed E-state index contributed by atoms with van der Waals surface area (Å²) in [6.07, 6.45) is 0. The molecular weight excluding hydrogens is 324 g/mol. The van der Waals surface area contributed by atoms with Crippen molar-refractivity contribution in [3.8, 4) is 6.07 Å². The van der Waals surface area contributed by atoms with Crippen LogP contribution in [-0.4, -0.2) is 11.7 Å². The van der Waals surface area contributed by atoms with Crippen LogP contribution >= 0.6 is 11.6 Å². The molecule has 2 aromatic rings. The van der Waals surface area contributed by atoms with Crippen LogP contribution in [0, 0.1) is 18.3 Å². The van der Waals surface area contributed by atoms with Gasteiger partial charge in [0, 0.05) is 11.1 Å². The number of nitriles is 1. The second-order valence-electron chi connectivity index (χ2n) is 5.32. The highest BCUT2D eigenvalue weighted by Gasteiger charge is 2.25. The first kappa shape index (κ1) is 15.8. The van der Waals surface area contributed by atoms with Gasteiger partial charge in [-0.2, -0.15) is 5.26 Å². The molecule has 0 bridgehead atoms. The standard InChI is InChI=1S/C18H13ClN4O/c1-10-6-7-15(14(19)8-10)22-18(24)13(9-20)16-11-4-2-3-5-12(11)17(21)23-16/h2-8H,1H3,(H2,21,23)(H,22,24)/b16-13-. The van der Waals surface area contributed by atoms with Crippen LogP contribution in [0.3, 0.4) is 0 Å². The number of carbonyl (C=O) groups is 1. The van der Waals surface area contributed by atoms with Gasteiger partial charge in [-0.25, -0.2) is 4.99 Å². The first-order valence-corrected chi connectivity index (χ1v) is 7.55. The van der Waals surface area contributed by atoms with Crippen molar-refractivity contribution in [2.24, 2.45) is 10.7 Å². The van der Waals surface area contributed by atoms with Gasteiger partial charge in [0.1, 0.15) is 17.5 Å². The van der Waals surface area contributed by atoms with Gasteiger partial charge in [-0.15, -0.1) is 0 Å². The van der Waals surface area contributed by atoms with Crippen molar-refractivity contribution in [2.75, 3.05) is 5.32 Å². The number of halogens is 1. The highest BCUT2D eigenvalue weighted by atomic mass is 35.5. The summed E-state index contributed by atoms with van der Waals surface area (Å²) in [5, 5.41) is 12.5. The molecule has 5 nitrogen and oxygen atoms in total. The topological polar surface area (TPSA) is 91.3 Å². The Morgan fingerprint density at radius 1 is 1.25 bits per heavy atom. The summed E-state index contributed by atoms with van der Waals surface area (Å²) >= 11 is 6.12. The lowest BCUT2D eigenvalue weighted by molar-refractivity contribution is -0.112. The SMILES string of the molecule is Cc1ccc(NC(=O)/C(C#N)=C2\N=C(N)c3ccccc32)c(Cl)c1. The van der Waals surface area contributed by atoms with E-state index in [4.69, 9.17) is 17.3 Å². The number of fused-ring (bicyclic) bond motifs is 1.